The van der Waals surface area contributed by atoms with Crippen LogP contribution in [0.15, 0.2) is 53.4 Å². The Hall–Kier alpha value is -4.14. The highest BCUT2D eigenvalue weighted by atomic mass is 32.1. The number of anilines is 1. The Bertz CT molecular complexity index is 1150. The van der Waals surface area contributed by atoms with Crippen molar-refractivity contribution < 1.29 is 15.0 Å². The zero-order valence-corrected chi connectivity index (χ0v) is 15.1. The molecule has 2 aromatic carbocycles. The number of rotatable bonds is 4. The van der Waals surface area contributed by atoms with Gasteiger partial charge in [0.05, 0.1) is 11.3 Å². The Morgan fingerprint density at radius 2 is 1.93 bits per heavy atom. The molecule has 3 rings (SSSR count). The second-order valence-electron chi connectivity index (χ2n) is 5.58. The monoisotopic (exact) mass is 388 g/mol. The summed E-state index contributed by atoms with van der Waals surface area (Å²) in [5, 5.41) is 42.2. The number of hydrogen-bond acceptors (Lipinski definition) is 7. The van der Waals surface area contributed by atoms with E-state index >= 15 is 0 Å². The Labute approximate surface area is 164 Å². The Balaban J connectivity index is 1.83. The van der Waals surface area contributed by atoms with Gasteiger partial charge in [-0.1, -0.05) is 30.3 Å². The number of carbonyl (C=O) groups is 1. The molecule has 0 aliphatic heterocycles. The summed E-state index contributed by atoms with van der Waals surface area (Å²) in [6.07, 6.45) is 1.21. The molecule has 0 radical (unpaired) electrons. The molecule has 0 bridgehead atoms. The molecule has 8 heteroatoms. The van der Waals surface area contributed by atoms with E-state index in [2.05, 4.69) is 10.3 Å². The SMILES string of the molecule is N#C/C(=C\c1cc(O)c(O)c(C#N)c1)C(=O)Nc1nc(-c2ccccc2)cs1. The standard InChI is InChI=1S/C20H12N4O3S/c21-9-14-6-12(8-17(25)18(14)26)7-15(10-22)19(27)24-20-23-16(11-28-20)13-4-2-1-3-5-13/h1-8,11,25-26H,(H,23,24,27)/b15-7+. The second-order valence-corrected chi connectivity index (χ2v) is 6.43. The van der Waals surface area contributed by atoms with E-state index in [1.54, 1.807) is 17.5 Å². The molecular formula is C20H12N4O3S. The van der Waals surface area contributed by atoms with Crippen molar-refractivity contribution >= 4 is 28.5 Å². The van der Waals surface area contributed by atoms with Gasteiger partial charge in [-0.2, -0.15) is 10.5 Å². The molecule has 0 fully saturated rings. The quantitative estimate of drug-likeness (QED) is 0.355. The highest BCUT2D eigenvalue weighted by Gasteiger charge is 2.14. The van der Waals surface area contributed by atoms with Gasteiger partial charge in [-0.3, -0.25) is 10.1 Å². The predicted molar refractivity (Wildman–Crippen MR) is 104 cm³/mol. The minimum Gasteiger partial charge on any atom is -0.504 e. The van der Waals surface area contributed by atoms with Crippen molar-refractivity contribution in [2.45, 2.75) is 0 Å². The van der Waals surface area contributed by atoms with Crippen molar-refractivity contribution in [1.82, 2.24) is 4.98 Å². The van der Waals surface area contributed by atoms with E-state index in [1.807, 2.05) is 30.3 Å². The van der Waals surface area contributed by atoms with Crippen LogP contribution in [-0.4, -0.2) is 21.1 Å². The molecular weight excluding hydrogens is 376 g/mol. The number of phenols is 2. The summed E-state index contributed by atoms with van der Waals surface area (Å²) < 4.78 is 0. The molecule has 136 valence electrons. The zero-order chi connectivity index (χ0) is 20.1. The molecule has 0 aliphatic rings. The summed E-state index contributed by atoms with van der Waals surface area (Å²) in [5.41, 5.74) is 1.41. The number of thiazole rings is 1. The molecule has 0 unspecified atom stereocenters. The van der Waals surface area contributed by atoms with Gasteiger partial charge in [0.1, 0.15) is 17.7 Å². The van der Waals surface area contributed by atoms with Crippen molar-refractivity contribution in [1.29, 1.82) is 10.5 Å². The molecule has 0 atom stereocenters. The molecule has 0 aliphatic carbocycles. The van der Waals surface area contributed by atoms with Crippen molar-refractivity contribution in [2.24, 2.45) is 0 Å². The van der Waals surface area contributed by atoms with Gasteiger partial charge >= 0.3 is 0 Å². The van der Waals surface area contributed by atoms with Crippen LogP contribution < -0.4 is 5.32 Å². The average Bonchev–Trinajstić information content (AvgIpc) is 3.17. The van der Waals surface area contributed by atoms with Crippen LogP contribution in [0.2, 0.25) is 0 Å². The van der Waals surface area contributed by atoms with Crippen molar-refractivity contribution in [3.63, 3.8) is 0 Å². The lowest BCUT2D eigenvalue weighted by Gasteiger charge is -2.03. The number of nitrogens with one attached hydrogen (secondary N) is 1. The zero-order valence-electron chi connectivity index (χ0n) is 14.2. The lowest BCUT2D eigenvalue weighted by atomic mass is 10.1. The van der Waals surface area contributed by atoms with Crippen LogP contribution in [-0.2, 0) is 4.79 Å². The van der Waals surface area contributed by atoms with Crippen LogP contribution in [0.3, 0.4) is 0 Å². The third-order valence-electron chi connectivity index (χ3n) is 3.70. The van der Waals surface area contributed by atoms with Crippen LogP contribution in [0.4, 0.5) is 5.13 Å². The first-order valence-corrected chi connectivity index (χ1v) is 8.80. The van der Waals surface area contributed by atoms with Crippen molar-refractivity contribution in [3.8, 4) is 34.9 Å². The van der Waals surface area contributed by atoms with E-state index in [1.165, 1.54) is 23.5 Å². The second kappa shape index (κ2) is 8.04. The van der Waals surface area contributed by atoms with Crippen LogP contribution in [0.1, 0.15) is 11.1 Å². The number of benzene rings is 2. The Kier molecular flexibility index (Phi) is 5.35. The van der Waals surface area contributed by atoms with Gasteiger partial charge in [0, 0.05) is 10.9 Å². The van der Waals surface area contributed by atoms with Gasteiger partial charge < -0.3 is 10.2 Å². The number of aromatic nitrogens is 1. The minimum absolute atomic E-state index is 0.170. The fourth-order valence-corrected chi connectivity index (χ4v) is 3.08. The summed E-state index contributed by atoms with van der Waals surface area (Å²) in [6.45, 7) is 0. The fraction of sp³-hybridized carbons (Fsp3) is 0. The number of carbonyl (C=O) groups excluding carboxylic acids is 1. The van der Waals surface area contributed by atoms with Gasteiger partial charge in [0.2, 0.25) is 0 Å². The van der Waals surface area contributed by atoms with E-state index in [0.29, 0.717) is 10.8 Å². The molecule has 0 saturated heterocycles. The van der Waals surface area contributed by atoms with Crippen molar-refractivity contribution in [2.75, 3.05) is 5.32 Å². The molecule has 1 heterocycles. The highest BCUT2D eigenvalue weighted by Crippen LogP contribution is 2.31. The molecule has 1 aromatic heterocycles. The number of phenolic OH excluding ortho intramolecular Hbond substituents is 2. The minimum atomic E-state index is -0.678. The number of nitrogens with zero attached hydrogens (tertiary/aromatic N) is 3. The topological polar surface area (TPSA) is 130 Å². The maximum absolute atomic E-state index is 12.4. The van der Waals surface area contributed by atoms with Crippen LogP contribution in [0.5, 0.6) is 11.5 Å². The van der Waals surface area contributed by atoms with Gasteiger partial charge in [-0.05, 0) is 23.8 Å². The third-order valence-corrected chi connectivity index (χ3v) is 4.46. The molecule has 0 saturated carbocycles. The first-order valence-electron chi connectivity index (χ1n) is 7.92. The van der Waals surface area contributed by atoms with E-state index in [9.17, 15) is 20.3 Å². The summed E-state index contributed by atoms with van der Waals surface area (Å²) in [4.78, 5) is 16.7. The van der Waals surface area contributed by atoms with Gasteiger partial charge in [0.15, 0.2) is 16.6 Å². The Morgan fingerprint density at radius 3 is 2.61 bits per heavy atom. The molecule has 28 heavy (non-hydrogen) atoms. The van der Waals surface area contributed by atoms with Crippen molar-refractivity contribution in [3.05, 3.63) is 64.5 Å². The van der Waals surface area contributed by atoms with E-state index < -0.39 is 17.4 Å². The number of hydrogen-bond donors (Lipinski definition) is 3. The van der Waals surface area contributed by atoms with E-state index in [0.717, 1.165) is 11.6 Å². The van der Waals surface area contributed by atoms with E-state index in [4.69, 9.17) is 5.26 Å². The summed E-state index contributed by atoms with van der Waals surface area (Å²) in [7, 11) is 0. The third kappa shape index (κ3) is 3.98. The lowest BCUT2D eigenvalue weighted by molar-refractivity contribution is -0.112. The van der Waals surface area contributed by atoms with Gasteiger partial charge in [-0.25, -0.2) is 4.98 Å². The predicted octanol–water partition coefficient (Wildman–Crippen LogP) is 3.64. The molecule has 0 spiro atoms. The normalized spacial score (nSPS) is 10.7. The highest BCUT2D eigenvalue weighted by molar-refractivity contribution is 7.14. The maximum Gasteiger partial charge on any atom is 0.268 e. The summed E-state index contributed by atoms with van der Waals surface area (Å²) >= 11 is 1.22. The summed E-state index contributed by atoms with van der Waals surface area (Å²) in [5.74, 6) is -1.75. The van der Waals surface area contributed by atoms with E-state index in [-0.39, 0.29) is 16.7 Å². The maximum atomic E-state index is 12.4. The lowest BCUT2D eigenvalue weighted by Crippen LogP contribution is -2.13. The number of amides is 1. The van der Waals surface area contributed by atoms with Crippen LogP contribution in [0, 0.1) is 22.7 Å². The van der Waals surface area contributed by atoms with Crippen LogP contribution in [0.25, 0.3) is 17.3 Å². The Morgan fingerprint density at radius 1 is 1.18 bits per heavy atom. The fourth-order valence-electron chi connectivity index (χ4n) is 2.36. The average molecular weight is 388 g/mol. The largest absolute Gasteiger partial charge is 0.504 e. The first-order chi connectivity index (χ1) is 13.5. The van der Waals surface area contributed by atoms with Gasteiger partial charge in [0.25, 0.3) is 5.91 Å². The molecule has 3 aromatic rings. The summed E-state index contributed by atoms with van der Waals surface area (Å²) in [6, 6.07) is 15.4. The van der Waals surface area contributed by atoms with Crippen LogP contribution >= 0.6 is 11.3 Å². The number of nitriles is 2. The van der Waals surface area contributed by atoms with Gasteiger partial charge in [-0.15, -0.1) is 11.3 Å². The molecule has 3 N–H and O–H groups in total. The molecule has 7 nitrogen and oxygen atoms in total. The number of aromatic hydroxyl groups is 2. The first kappa shape index (κ1) is 18.6. The molecule has 1 amide bonds. The smallest absolute Gasteiger partial charge is 0.268 e.